The van der Waals surface area contributed by atoms with Crippen LogP contribution in [-0.4, -0.2) is 23.8 Å². The fourth-order valence-electron chi connectivity index (χ4n) is 4.26. The van der Waals surface area contributed by atoms with E-state index < -0.39 is 0 Å². The Morgan fingerprint density at radius 1 is 0.862 bits per heavy atom. The van der Waals surface area contributed by atoms with Crippen molar-refractivity contribution in [3.63, 3.8) is 0 Å². The van der Waals surface area contributed by atoms with Crippen LogP contribution in [0.2, 0.25) is 0 Å². The van der Waals surface area contributed by atoms with Crippen LogP contribution in [0.15, 0.2) is 72.8 Å². The highest BCUT2D eigenvalue weighted by Gasteiger charge is 2.31. The van der Waals surface area contributed by atoms with E-state index in [-0.39, 0.29) is 12.1 Å². The van der Waals surface area contributed by atoms with Crippen LogP contribution in [0, 0.1) is 0 Å². The zero-order valence-electron chi connectivity index (χ0n) is 16.5. The van der Waals surface area contributed by atoms with E-state index in [1.54, 1.807) is 14.2 Å². The van der Waals surface area contributed by atoms with Crippen molar-refractivity contribution in [2.75, 3.05) is 19.5 Å². The number of hydrogen-bond acceptors (Lipinski definition) is 4. The minimum Gasteiger partial charge on any atom is -0.493 e. The zero-order chi connectivity index (χ0) is 19.8. The van der Waals surface area contributed by atoms with Gasteiger partial charge in [0.1, 0.15) is 0 Å². The highest BCUT2D eigenvalue weighted by atomic mass is 16.5. The lowest BCUT2D eigenvalue weighted by atomic mass is 9.92. The number of ether oxygens (including phenoxy) is 2. The summed E-state index contributed by atoms with van der Waals surface area (Å²) in [5, 5.41) is 3.65. The van der Waals surface area contributed by atoms with Crippen molar-refractivity contribution in [2.24, 2.45) is 0 Å². The second-order valence-corrected chi connectivity index (χ2v) is 7.27. The molecule has 0 fully saturated rings. The quantitative estimate of drug-likeness (QED) is 0.525. The van der Waals surface area contributed by atoms with Gasteiger partial charge in [-0.05, 0) is 41.8 Å². The van der Waals surface area contributed by atoms with Crippen molar-refractivity contribution in [1.82, 2.24) is 9.55 Å². The molecule has 5 heteroatoms. The Labute approximate surface area is 169 Å². The Balaban J connectivity index is 1.67. The summed E-state index contributed by atoms with van der Waals surface area (Å²) in [6.07, 6.45) is 0.910. The first-order valence-electron chi connectivity index (χ1n) is 9.79. The first kappa shape index (κ1) is 17.6. The molecule has 2 atom stereocenters. The smallest absolute Gasteiger partial charge is 0.204 e. The SMILES string of the molecule is COc1ccc([C@H]2C[C@H](c3ccccc3)Nc3nc4ccccc4n32)cc1OC. The number of para-hydroxylation sites is 2. The second kappa shape index (κ2) is 7.17. The molecule has 1 N–H and O–H groups in total. The molecule has 29 heavy (non-hydrogen) atoms. The van der Waals surface area contributed by atoms with Crippen LogP contribution in [0.3, 0.4) is 0 Å². The van der Waals surface area contributed by atoms with Gasteiger partial charge in [0, 0.05) is 0 Å². The van der Waals surface area contributed by atoms with Gasteiger partial charge in [-0.15, -0.1) is 0 Å². The maximum Gasteiger partial charge on any atom is 0.204 e. The van der Waals surface area contributed by atoms with E-state index in [2.05, 4.69) is 64.5 Å². The highest BCUT2D eigenvalue weighted by Crippen LogP contribution is 2.42. The lowest BCUT2D eigenvalue weighted by Gasteiger charge is -2.33. The molecule has 0 saturated heterocycles. The normalized spacial score (nSPS) is 18.1. The molecule has 0 unspecified atom stereocenters. The van der Waals surface area contributed by atoms with Crippen molar-refractivity contribution in [3.05, 3.63) is 83.9 Å². The Hall–Kier alpha value is -3.47. The topological polar surface area (TPSA) is 48.3 Å². The van der Waals surface area contributed by atoms with Crippen molar-refractivity contribution in [2.45, 2.75) is 18.5 Å². The van der Waals surface area contributed by atoms with E-state index in [0.29, 0.717) is 0 Å². The molecule has 4 aromatic rings. The molecule has 3 aromatic carbocycles. The molecule has 5 rings (SSSR count). The number of hydrogen-bond donors (Lipinski definition) is 1. The summed E-state index contributed by atoms with van der Waals surface area (Å²) in [5.74, 6) is 2.37. The molecule has 5 nitrogen and oxygen atoms in total. The summed E-state index contributed by atoms with van der Waals surface area (Å²) >= 11 is 0. The van der Waals surface area contributed by atoms with Gasteiger partial charge in [-0.3, -0.25) is 0 Å². The van der Waals surface area contributed by atoms with Crippen molar-refractivity contribution >= 4 is 17.0 Å². The van der Waals surface area contributed by atoms with Gasteiger partial charge in [-0.25, -0.2) is 4.98 Å². The van der Waals surface area contributed by atoms with Gasteiger partial charge in [0.25, 0.3) is 0 Å². The minimum absolute atomic E-state index is 0.128. The second-order valence-electron chi connectivity index (χ2n) is 7.27. The summed E-state index contributed by atoms with van der Waals surface area (Å²) in [4.78, 5) is 4.88. The van der Waals surface area contributed by atoms with Crippen LogP contribution >= 0.6 is 0 Å². The largest absolute Gasteiger partial charge is 0.493 e. The van der Waals surface area contributed by atoms with Gasteiger partial charge in [0.05, 0.1) is 37.3 Å². The standard InChI is InChI=1S/C24H23N3O2/c1-28-22-13-12-17(14-23(22)29-2)21-15-19(16-8-4-3-5-9-16)26-24-25-18-10-6-7-11-20(18)27(21)24/h3-14,19,21H,15H2,1-2H3,(H,25,26)/t19-,21-/m1/s1. The summed E-state index contributed by atoms with van der Waals surface area (Å²) in [6.45, 7) is 0. The number of rotatable bonds is 4. The van der Waals surface area contributed by atoms with Crippen LogP contribution in [0.25, 0.3) is 11.0 Å². The fraction of sp³-hybridized carbons (Fsp3) is 0.208. The van der Waals surface area contributed by atoms with Crippen LogP contribution in [0.4, 0.5) is 5.95 Å². The number of benzene rings is 3. The van der Waals surface area contributed by atoms with Crippen LogP contribution in [0.1, 0.15) is 29.6 Å². The highest BCUT2D eigenvalue weighted by molar-refractivity contribution is 5.79. The summed E-state index contributed by atoms with van der Waals surface area (Å²) in [5.41, 5.74) is 4.56. The average molecular weight is 385 g/mol. The van der Waals surface area contributed by atoms with Crippen LogP contribution in [0.5, 0.6) is 11.5 Å². The third-order valence-electron chi connectivity index (χ3n) is 5.66. The minimum atomic E-state index is 0.128. The molecule has 1 aliphatic rings. The van der Waals surface area contributed by atoms with Gasteiger partial charge in [-0.2, -0.15) is 0 Å². The molecular formula is C24H23N3O2. The van der Waals surface area contributed by atoms with Crippen molar-refractivity contribution in [3.8, 4) is 11.5 Å². The average Bonchev–Trinajstić information content (AvgIpc) is 3.17. The maximum atomic E-state index is 5.57. The first-order chi connectivity index (χ1) is 14.3. The third-order valence-corrected chi connectivity index (χ3v) is 5.66. The van der Waals surface area contributed by atoms with E-state index in [9.17, 15) is 0 Å². The van der Waals surface area contributed by atoms with E-state index in [1.807, 2.05) is 18.2 Å². The number of methoxy groups -OCH3 is 2. The molecule has 0 bridgehead atoms. The molecule has 0 saturated carbocycles. The van der Waals surface area contributed by atoms with Gasteiger partial charge in [0.2, 0.25) is 5.95 Å². The molecule has 0 aliphatic carbocycles. The molecule has 0 amide bonds. The fourth-order valence-corrected chi connectivity index (χ4v) is 4.26. The van der Waals surface area contributed by atoms with Crippen LogP contribution in [-0.2, 0) is 0 Å². The van der Waals surface area contributed by atoms with Crippen molar-refractivity contribution < 1.29 is 9.47 Å². The van der Waals surface area contributed by atoms with Crippen molar-refractivity contribution in [1.29, 1.82) is 0 Å². The molecule has 0 spiro atoms. The van der Waals surface area contributed by atoms with E-state index >= 15 is 0 Å². The number of imidazole rings is 1. The molecule has 1 aromatic heterocycles. The Morgan fingerprint density at radius 3 is 2.41 bits per heavy atom. The van der Waals surface area contributed by atoms with E-state index in [0.717, 1.165) is 34.9 Å². The molecule has 1 aliphatic heterocycles. The summed E-state index contributed by atoms with van der Waals surface area (Å²) < 4.78 is 13.3. The number of nitrogens with zero attached hydrogens (tertiary/aromatic N) is 2. The Morgan fingerprint density at radius 2 is 1.62 bits per heavy atom. The van der Waals surface area contributed by atoms with Gasteiger partial charge < -0.3 is 19.4 Å². The van der Waals surface area contributed by atoms with E-state index in [1.165, 1.54) is 11.1 Å². The molecular weight excluding hydrogens is 362 g/mol. The lowest BCUT2D eigenvalue weighted by Crippen LogP contribution is -2.27. The number of nitrogens with one attached hydrogen (secondary N) is 1. The zero-order valence-corrected chi connectivity index (χ0v) is 16.5. The third kappa shape index (κ3) is 2.99. The van der Waals surface area contributed by atoms with Gasteiger partial charge in [0.15, 0.2) is 11.5 Å². The molecule has 0 radical (unpaired) electrons. The summed E-state index contributed by atoms with van der Waals surface area (Å²) in [6, 6.07) is 25.3. The number of fused-ring (bicyclic) bond motifs is 3. The van der Waals surface area contributed by atoms with Crippen LogP contribution < -0.4 is 14.8 Å². The first-order valence-corrected chi connectivity index (χ1v) is 9.79. The lowest BCUT2D eigenvalue weighted by molar-refractivity contribution is 0.353. The number of aromatic nitrogens is 2. The van der Waals surface area contributed by atoms with E-state index in [4.69, 9.17) is 14.5 Å². The number of anilines is 1. The molecule has 146 valence electrons. The van der Waals surface area contributed by atoms with Gasteiger partial charge >= 0.3 is 0 Å². The van der Waals surface area contributed by atoms with Gasteiger partial charge in [-0.1, -0.05) is 48.5 Å². The predicted molar refractivity (Wildman–Crippen MR) is 115 cm³/mol. The summed E-state index contributed by atoms with van der Waals surface area (Å²) in [7, 11) is 3.34. The maximum absolute atomic E-state index is 5.57. The molecule has 2 heterocycles. The Bertz CT molecular complexity index is 1150. The Kier molecular flexibility index (Phi) is 4.35. The predicted octanol–water partition coefficient (Wildman–Crippen LogP) is 5.20. The monoisotopic (exact) mass is 385 g/mol.